The van der Waals surface area contributed by atoms with E-state index in [1.54, 1.807) is 0 Å². The van der Waals surface area contributed by atoms with Gasteiger partial charge in [0.25, 0.3) is 0 Å². The molecule has 150 valence electrons. The van der Waals surface area contributed by atoms with Gasteiger partial charge in [0.2, 0.25) is 11.8 Å². The van der Waals surface area contributed by atoms with Gasteiger partial charge in [-0.05, 0) is 26.7 Å². The van der Waals surface area contributed by atoms with Gasteiger partial charge in [0.15, 0.2) is 0 Å². The van der Waals surface area contributed by atoms with Gasteiger partial charge in [-0.15, -0.1) is 0 Å². The molecule has 1 fully saturated rings. The van der Waals surface area contributed by atoms with Gasteiger partial charge in [-0.1, -0.05) is 13.8 Å². The normalized spacial score (nSPS) is 19.3. The predicted octanol–water partition coefficient (Wildman–Crippen LogP) is 1.44. The third kappa shape index (κ3) is 9.29. The van der Waals surface area contributed by atoms with Gasteiger partial charge >= 0.3 is 0 Å². The molecule has 2 N–H and O–H groups in total. The van der Waals surface area contributed by atoms with Crippen LogP contribution in [-0.2, 0) is 23.9 Å². The number of amides is 2. The molecule has 7 heteroatoms. The highest BCUT2D eigenvalue weighted by atomic mass is 16.5. The van der Waals surface area contributed by atoms with E-state index in [1.165, 1.54) is 0 Å². The molecule has 1 aliphatic rings. The summed E-state index contributed by atoms with van der Waals surface area (Å²) in [6.07, 6.45) is 2.24. The zero-order valence-electron chi connectivity index (χ0n) is 16.5. The maximum atomic E-state index is 11.8. The third-order valence-electron chi connectivity index (χ3n) is 4.30. The van der Waals surface area contributed by atoms with Crippen LogP contribution >= 0.6 is 0 Å². The van der Waals surface area contributed by atoms with Crippen LogP contribution in [0.1, 0.15) is 53.4 Å². The lowest BCUT2D eigenvalue weighted by Gasteiger charge is -2.35. The highest BCUT2D eigenvalue weighted by Gasteiger charge is 2.35. The van der Waals surface area contributed by atoms with Crippen molar-refractivity contribution >= 4 is 17.6 Å². The third-order valence-corrected chi connectivity index (χ3v) is 4.30. The van der Waals surface area contributed by atoms with Gasteiger partial charge in [0.1, 0.15) is 5.78 Å². The second-order valence-corrected chi connectivity index (χ2v) is 7.37. The Hall–Kier alpha value is -1.47. The van der Waals surface area contributed by atoms with Crippen molar-refractivity contribution in [2.45, 2.75) is 65.5 Å². The van der Waals surface area contributed by atoms with Gasteiger partial charge < -0.3 is 20.1 Å². The van der Waals surface area contributed by atoms with E-state index in [-0.39, 0.29) is 48.0 Å². The molecule has 1 rings (SSSR count). The molecule has 0 unspecified atom stereocenters. The number of nitrogens with one attached hydrogen (secondary N) is 2. The van der Waals surface area contributed by atoms with Crippen LogP contribution in [-0.4, -0.2) is 56.1 Å². The van der Waals surface area contributed by atoms with Gasteiger partial charge in [0.05, 0.1) is 25.9 Å². The molecule has 0 aliphatic heterocycles. The van der Waals surface area contributed by atoms with Crippen molar-refractivity contribution in [3.8, 4) is 0 Å². The zero-order chi connectivity index (χ0) is 19.5. The number of Topliss-reactive ketones (excluding diaryl/α,β-unsaturated/α-hetero) is 1. The summed E-state index contributed by atoms with van der Waals surface area (Å²) in [7, 11) is 0. The molecule has 7 nitrogen and oxygen atoms in total. The Morgan fingerprint density at radius 2 is 1.62 bits per heavy atom. The van der Waals surface area contributed by atoms with E-state index in [0.29, 0.717) is 32.8 Å². The van der Waals surface area contributed by atoms with E-state index in [1.807, 2.05) is 27.7 Å². The number of ether oxygens (including phenoxy) is 2. The van der Waals surface area contributed by atoms with Crippen LogP contribution in [0.25, 0.3) is 0 Å². The number of hydrogen-bond donors (Lipinski definition) is 2. The molecule has 0 radical (unpaired) electrons. The van der Waals surface area contributed by atoms with Crippen molar-refractivity contribution in [2.24, 2.45) is 11.8 Å². The summed E-state index contributed by atoms with van der Waals surface area (Å²) < 4.78 is 10.7. The fourth-order valence-electron chi connectivity index (χ4n) is 2.74. The van der Waals surface area contributed by atoms with Crippen LogP contribution in [0, 0.1) is 11.8 Å². The first-order valence-electron chi connectivity index (χ1n) is 9.58. The lowest BCUT2D eigenvalue weighted by molar-refractivity contribution is -0.131. The van der Waals surface area contributed by atoms with Crippen LogP contribution in [0.3, 0.4) is 0 Å². The lowest BCUT2D eigenvalue weighted by Crippen LogP contribution is -2.47. The fraction of sp³-hybridized carbons (Fsp3) is 0.842. The van der Waals surface area contributed by atoms with Crippen LogP contribution in [0.2, 0.25) is 0 Å². The van der Waals surface area contributed by atoms with Gasteiger partial charge in [-0.3, -0.25) is 14.4 Å². The summed E-state index contributed by atoms with van der Waals surface area (Å²) in [5.41, 5.74) is 0. The second kappa shape index (κ2) is 12.0. The molecule has 0 bridgehead atoms. The molecular weight excluding hydrogens is 336 g/mol. The highest BCUT2D eigenvalue weighted by Crippen LogP contribution is 2.30. The molecule has 1 saturated carbocycles. The summed E-state index contributed by atoms with van der Waals surface area (Å²) in [4.78, 5) is 35.1. The summed E-state index contributed by atoms with van der Waals surface area (Å²) in [6, 6.07) is 0.113. The number of rotatable bonds is 13. The van der Waals surface area contributed by atoms with E-state index in [2.05, 4.69) is 10.6 Å². The Labute approximate surface area is 156 Å². The average Bonchev–Trinajstić information content (AvgIpc) is 2.52. The number of hydrogen-bond acceptors (Lipinski definition) is 5. The molecule has 0 saturated heterocycles. The van der Waals surface area contributed by atoms with Crippen LogP contribution < -0.4 is 10.6 Å². The molecule has 0 spiro atoms. The van der Waals surface area contributed by atoms with Crippen LogP contribution in [0.4, 0.5) is 0 Å². The summed E-state index contributed by atoms with van der Waals surface area (Å²) in [6.45, 7) is 9.20. The fourth-order valence-corrected chi connectivity index (χ4v) is 2.74. The minimum atomic E-state index is -0.0672. The molecule has 2 amide bonds. The molecule has 0 atom stereocenters. The quantitative estimate of drug-likeness (QED) is 0.479. The summed E-state index contributed by atoms with van der Waals surface area (Å²) in [5.74, 6) is 0.332. The van der Waals surface area contributed by atoms with Crippen LogP contribution in [0.5, 0.6) is 0 Å². The minimum Gasteiger partial charge on any atom is -0.379 e. The lowest BCUT2D eigenvalue weighted by atomic mass is 9.75. The smallest absolute Gasteiger partial charge is 0.222 e. The Morgan fingerprint density at radius 1 is 0.962 bits per heavy atom. The van der Waals surface area contributed by atoms with Crippen molar-refractivity contribution in [3.63, 3.8) is 0 Å². The first-order chi connectivity index (χ1) is 12.3. The standard InChI is InChI=1S/C19H34N2O5/c1-13(2)19(24)15-11-16(12-15)21-18(23)5-8-25-10-7-20-17(22)6-9-26-14(3)4/h13-16H,5-12H2,1-4H3,(H,20,22)(H,21,23). The number of carbonyl (C=O) groups is 3. The maximum absolute atomic E-state index is 11.8. The molecule has 0 heterocycles. The first-order valence-corrected chi connectivity index (χ1v) is 9.58. The monoisotopic (exact) mass is 370 g/mol. The van der Waals surface area contributed by atoms with Crippen molar-refractivity contribution in [1.82, 2.24) is 10.6 Å². The van der Waals surface area contributed by atoms with Gasteiger partial charge in [0, 0.05) is 37.3 Å². The minimum absolute atomic E-state index is 0.0553. The Kier molecular flexibility index (Phi) is 10.4. The van der Waals surface area contributed by atoms with Crippen molar-refractivity contribution in [1.29, 1.82) is 0 Å². The molecule has 1 aliphatic carbocycles. The molecule has 0 aromatic heterocycles. The Bertz CT molecular complexity index is 459. The Balaban J connectivity index is 1.95. The van der Waals surface area contributed by atoms with E-state index in [4.69, 9.17) is 9.47 Å². The van der Waals surface area contributed by atoms with Crippen molar-refractivity contribution in [3.05, 3.63) is 0 Å². The zero-order valence-corrected chi connectivity index (χ0v) is 16.5. The molecular formula is C19H34N2O5. The molecule has 0 aromatic rings. The van der Waals surface area contributed by atoms with Crippen LogP contribution in [0.15, 0.2) is 0 Å². The molecule has 0 aromatic carbocycles. The van der Waals surface area contributed by atoms with E-state index >= 15 is 0 Å². The van der Waals surface area contributed by atoms with E-state index in [9.17, 15) is 14.4 Å². The predicted molar refractivity (Wildman–Crippen MR) is 98.7 cm³/mol. The van der Waals surface area contributed by atoms with Crippen molar-refractivity contribution in [2.75, 3.05) is 26.4 Å². The molecule has 26 heavy (non-hydrogen) atoms. The second-order valence-electron chi connectivity index (χ2n) is 7.37. The van der Waals surface area contributed by atoms with E-state index in [0.717, 1.165) is 12.8 Å². The topological polar surface area (TPSA) is 93.7 Å². The first kappa shape index (κ1) is 22.6. The average molecular weight is 370 g/mol. The summed E-state index contributed by atoms with van der Waals surface area (Å²) in [5, 5.41) is 5.67. The Morgan fingerprint density at radius 3 is 2.23 bits per heavy atom. The van der Waals surface area contributed by atoms with E-state index < -0.39 is 0 Å². The largest absolute Gasteiger partial charge is 0.379 e. The number of carbonyl (C=O) groups excluding carboxylic acids is 3. The maximum Gasteiger partial charge on any atom is 0.222 e. The SMILES string of the molecule is CC(C)OCCC(=O)NCCOCCC(=O)NC1CC(C(=O)C(C)C)C1. The van der Waals surface area contributed by atoms with Gasteiger partial charge in [-0.2, -0.15) is 0 Å². The highest BCUT2D eigenvalue weighted by molar-refractivity contribution is 5.84. The number of ketones is 1. The summed E-state index contributed by atoms with van der Waals surface area (Å²) >= 11 is 0. The van der Waals surface area contributed by atoms with Crippen molar-refractivity contribution < 1.29 is 23.9 Å². The van der Waals surface area contributed by atoms with Gasteiger partial charge in [-0.25, -0.2) is 0 Å².